The summed E-state index contributed by atoms with van der Waals surface area (Å²) in [6.45, 7) is 8.76. The lowest BCUT2D eigenvalue weighted by Gasteiger charge is -2.30. The minimum absolute atomic E-state index is 0.618. The Balaban J connectivity index is 2.75. The van der Waals surface area contributed by atoms with Crippen LogP contribution in [0.5, 0.6) is 0 Å². The van der Waals surface area contributed by atoms with Crippen LogP contribution in [0.2, 0.25) is 0 Å². The summed E-state index contributed by atoms with van der Waals surface area (Å²) in [4.78, 5) is 2.44. The Bertz CT molecular complexity index is 393. The van der Waals surface area contributed by atoms with Crippen LogP contribution in [0.1, 0.15) is 37.8 Å². The van der Waals surface area contributed by atoms with Gasteiger partial charge in [-0.15, -0.1) is 0 Å². The molecule has 1 rings (SSSR count). The average Bonchev–Trinajstić information content (AvgIpc) is 2.44. The van der Waals surface area contributed by atoms with E-state index in [-0.39, 0.29) is 0 Å². The molecule has 0 aliphatic rings. The SMILES string of the molecule is CCCNCc1ccc(N(C)C(CC)CSC)c(C)c1. The second-order valence-electron chi connectivity index (χ2n) is 5.43. The molecule has 0 amide bonds. The lowest BCUT2D eigenvalue weighted by molar-refractivity contribution is 0.667. The molecule has 1 atom stereocenters. The van der Waals surface area contributed by atoms with E-state index in [0.717, 1.165) is 13.1 Å². The van der Waals surface area contributed by atoms with Crippen LogP contribution in [0, 0.1) is 6.92 Å². The third-order valence-electron chi connectivity index (χ3n) is 3.78. The van der Waals surface area contributed by atoms with Crippen molar-refractivity contribution in [3.63, 3.8) is 0 Å². The molecule has 0 aromatic heterocycles. The summed E-state index contributed by atoms with van der Waals surface area (Å²) in [5, 5.41) is 3.46. The van der Waals surface area contributed by atoms with Gasteiger partial charge in [-0.25, -0.2) is 0 Å². The minimum atomic E-state index is 0.618. The molecule has 0 saturated heterocycles. The fourth-order valence-electron chi connectivity index (χ4n) is 2.53. The highest BCUT2D eigenvalue weighted by atomic mass is 32.2. The Morgan fingerprint density at radius 1 is 1.30 bits per heavy atom. The van der Waals surface area contributed by atoms with Gasteiger partial charge in [0.15, 0.2) is 0 Å². The summed E-state index contributed by atoms with van der Waals surface area (Å²) in [7, 11) is 2.22. The maximum absolute atomic E-state index is 3.46. The highest BCUT2D eigenvalue weighted by Crippen LogP contribution is 2.24. The Morgan fingerprint density at radius 3 is 2.60 bits per heavy atom. The van der Waals surface area contributed by atoms with Crippen LogP contribution in [0.3, 0.4) is 0 Å². The van der Waals surface area contributed by atoms with Crippen molar-refractivity contribution < 1.29 is 0 Å². The second kappa shape index (κ2) is 9.30. The molecule has 0 spiro atoms. The first kappa shape index (κ1) is 17.4. The van der Waals surface area contributed by atoms with E-state index < -0.39 is 0 Å². The van der Waals surface area contributed by atoms with Crippen molar-refractivity contribution in [2.75, 3.05) is 30.5 Å². The quantitative estimate of drug-likeness (QED) is 0.691. The summed E-state index contributed by atoms with van der Waals surface area (Å²) in [5.41, 5.74) is 4.12. The standard InChI is InChI=1S/C17H30N2S/c1-6-10-18-12-15-8-9-17(14(3)11-15)19(4)16(7-2)13-20-5/h8-9,11,16,18H,6-7,10,12-13H2,1-5H3. The van der Waals surface area contributed by atoms with E-state index in [1.165, 1.54) is 35.4 Å². The molecule has 0 aliphatic heterocycles. The molecule has 0 radical (unpaired) electrons. The van der Waals surface area contributed by atoms with Crippen LogP contribution < -0.4 is 10.2 Å². The summed E-state index contributed by atoms with van der Waals surface area (Å²) in [6.07, 6.45) is 4.56. The molecule has 0 heterocycles. The predicted octanol–water partition coefficient (Wildman–Crippen LogP) is 4.07. The van der Waals surface area contributed by atoms with Gasteiger partial charge >= 0.3 is 0 Å². The molecule has 0 bridgehead atoms. The molecular weight excluding hydrogens is 264 g/mol. The molecule has 1 aromatic rings. The van der Waals surface area contributed by atoms with Gasteiger partial charge in [0.2, 0.25) is 0 Å². The normalized spacial score (nSPS) is 12.4. The highest BCUT2D eigenvalue weighted by molar-refractivity contribution is 7.98. The monoisotopic (exact) mass is 294 g/mol. The zero-order valence-corrected chi connectivity index (χ0v) is 14.5. The smallest absolute Gasteiger partial charge is 0.0396 e. The van der Waals surface area contributed by atoms with Gasteiger partial charge in [0.25, 0.3) is 0 Å². The van der Waals surface area contributed by atoms with Crippen molar-refractivity contribution in [1.82, 2.24) is 5.32 Å². The minimum Gasteiger partial charge on any atom is -0.371 e. The van der Waals surface area contributed by atoms with Crippen LogP contribution >= 0.6 is 11.8 Å². The van der Waals surface area contributed by atoms with E-state index in [1.807, 2.05) is 11.8 Å². The van der Waals surface area contributed by atoms with Crippen LogP contribution in [0.25, 0.3) is 0 Å². The van der Waals surface area contributed by atoms with Gasteiger partial charge in [-0.05, 0) is 49.8 Å². The second-order valence-corrected chi connectivity index (χ2v) is 6.34. The van der Waals surface area contributed by atoms with Gasteiger partial charge in [-0.1, -0.05) is 26.0 Å². The maximum atomic E-state index is 3.46. The first-order valence-electron chi connectivity index (χ1n) is 7.66. The van der Waals surface area contributed by atoms with Crippen molar-refractivity contribution in [3.8, 4) is 0 Å². The summed E-state index contributed by atoms with van der Waals surface area (Å²) < 4.78 is 0. The highest BCUT2D eigenvalue weighted by Gasteiger charge is 2.14. The van der Waals surface area contributed by atoms with Crippen LogP contribution in [0.15, 0.2) is 18.2 Å². The van der Waals surface area contributed by atoms with Gasteiger partial charge in [-0.3, -0.25) is 0 Å². The Kier molecular flexibility index (Phi) is 8.08. The number of rotatable bonds is 9. The number of nitrogens with one attached hydrogen (secondary N) is 1. The Hall–Kier alpha value is -0.670. The molecule has 114 valence electrons. The zero-order chi connectivity index (χ0) is 15.0. The maximum Gasteiger partial charge on any atom is 0.0396 e. The third kappa shape index (κ3) is 5.02. The summed E-state index contributed by atoms with van der Waals surface area (Å²) in [5.74, 6) is 1.19. The molecule has 3 heteroatoms. The molecular formula is C17H30N2S. The predicted molar refractivity (Wildman–Crippen MR) is 94.0 cm³/mol. The molecule has 20 heavy (non-hydrogen) atoms. The number of anilines is 1. The first-order valence-corrected chi connectivity index (χ1v) is 9.05. The van der Waals surface area contributed by atoms with Gasteiger partial charge in [0, 0.05) is 31.1 Å². The van der Waals surface area contributed by atoms with Gasteiger partial charge < -0.3 is 10.2 Å². The van der Waals surface area contributed by atoms with Crippen molar-refractivity contribution in [1.29, 1.82) is 0 Å². The lowest BCUT2D eigenvalue weighted by atomic mass is 10.1. The van der Waals surface area contributed by atoms with E-state index in [9.17, 15) is 0 Å². The largest absolute Gasteiger partial charge is 0.371 e. The van der Waals surface area contributed by atoms with E-state index >= 15 is 0 Å². The number of nitrogens with zero attached hydrogens (tertiary/aromatic N) is 1. The molecule has 0 saturated carbocycles. The van der Waals surface area contributed by atoms with E-state index in [0.29, 0.717) is 6.04 Å². The number of aryl methyl sites for hydroxylation is 1. The van der Waals surface area contributed by atoms with Crippen molar-refractivity contribution in [2.24, 2.45) is 0 Å². The van der Waals surface area contributed by atoms with Gasteiger partial charge in [-0.2, -0.15) is 11.8 Å². The number of benzene rings is 1. The van der Waals surface area contributed by atoms with E-state index in [4.69, 9.17) is 0 Å². The number of thioether (sulfide) groups is 1. The Labute approximate surface area is 129 Å². The van der Waals surface area contributed by atoms with Gasteiger partial charge in [0.05, 0.1) is 0 Å². The van der Waals surface area contributed by atoms with E-state index in [1.54, 1.807) is 0 Å². The molecule has 1 unspecified atom stereocenters. The van der Waals surface area contributed by atoms with E-state index in [2.05, 4.69) is 62.5 Å². The number of hydrogen-bond donors (Lipinski definition) is 1. The molecule has 0 aliphatic carbocycles. The summed E-state index contributed by atoms with van der Waals surface area (Å²) in [6, 6.07) is 7.47. The van der Waals surface area contributed by atoms with Crippen LogP contribution in [0.4, 0.5) is 5.69 Å². The third-order valence-corrected chi connectivity index (χ3v) is 4.49. The topological polar surface area (TPSA) is 15.3 Å². The Morgan fingerprint density at radius 2 is 2.05 bits per heavy atom. The van der Waals surface area contributed by atoms with Crippen molar-refractivity contribution in [2.45, 2.75) is 46.2 Å². The fraction of sp³-hybridized carbons (Fsp3) is 0.647. The molecule has 1 aromatic carbocycles. The summed E-state index contributed by atoms with van der Waals surface area (Å²) >= 11 is 1.93. The van der Waals surface area contributed by atoms with Crippen molar-refractivity contribution in [3.05, 3.63) is 29.3 Å². The molecule has 0 fully saturated rings. The van der Waals surface area contributed by atoms with Crippen LogP contribution in [-0.2, 0) is 6.54 Å². The van der Waals surface area contributed by atoms with Gasteiger partial charge in [0.1, 0.15) is 0 Å². The number of hydrogen-bond acceptors (Lipinski definition) is 3. The molecule has 2 nitrogen and oxygen atoms in total. The van der Waals surface area contributed by atoms with Crippen LogP contribution in [-0.4, -0.2) is 31.6 Å². The lowest BCUT2D eigenvalue weighted by Crippen LogP contribution is -2.33. The zero-order valence-electron chi connectivity index (χ0n) is 13.7. The molecule has 1 N–H and O–H groups in total. The van der Waals surface area contributed by atoms with Crippen molar-refractivity contribution >= 4 is 17.4 Å². The first-order chi connectivity index (χ1) is 9.63. The fourth-order valence-corrected chi connectivity index (χ4v) is 3.37. The average molecular weight is 295 g/mol.